The Kier molecular flexibility index (Phi) is 6.49. The van der Waals surface area contributed by atoms with Crippen LogP contribution in [0, 0.1) is 0 Å². The Morgan fingerprint density at radius 2 is 1.52 bits per heavy atom. The molecule has 0 aliphatic carbocycles. The molecule has 0 unspecified atom stereocenters. The molecule has 0 bridgehead atoms. The highest BCUT2D eigenvalue weighted by Crippen LogP contribution is 2.50. The third kappa shape index (κ3) is 4.08. The number of hydrogen-bond donors (Lipinski definition) is 0. The summed E-state index contributed by atoms with van der Waals surface area (Å²) in [6.45, 7) is 2.76. The van der Waals surface area contributed by atoms with Gasteiger partial charge >= 0.3 is 0 Å². The zero-order valence-electron chi connectivity index (χ0n) is 17.3. The fraction of sp³-hybridized carbons (Fsp3) is 0.318. The lowest BCUT2D eigenvalue weighted by molar-refractivity contribution is 0.306. The second kappa shape index (κ2) is 9.23. The van der Waals surface area contributed by atoms with Gasteiger partial charge in [-0.25, -0.2) is 0 Å². The standard InChI is InChI=1S/C22H25NO6/c1-6-11-28-15-9-7-14(8-10-15)18-13-17(23-29-18)16-12-19(24-2)21(26-4)22(27-5)20(16)25-3/h7-10,12-13H,6,11H2,1-5H3. The van der Waals surface area contributed by atoms with Crippen molar-refractivity contribution >= 4 is 0 Å². The number of rotatable bonds is 9. The Morgan fingerprint density at radius 3 is 2.10 bits per heavy atom. The van der Waals surface area contributed by atoms with E-state index in [2.05, 4.69) is 12.1 Å². The summed E-state index contributed by atoms with van der Waals surface area (Å²) < 4.78 is 33.1. The summed E-state index contributed by atoms with van der Waals surface area (Å²) in [7, 11) is 6.20. The van der Waals surface area contributed by atoms with Crippen LogP contribution in [0.4, 0.5) is 0 Å². The molecule has 0 aliphatic rings. The molecule has 0 fully saturated rings. The van der Waals surface area contributed by atoms with Crippen molar-refractivity contribution in [1.82, 2.24) is 5.16 Å². The van der Waals surface area contributed by atoms with Crippen LogP contribution in [0.3, 0.4) is 0 Å². The highest BCUT2D eigenvalue weighted by atomic mass is 16.5. The molecular formula is C22H25NO6. The summed E-state index contributed by atoms with van der Waals surface area (Å²) in [5.74, 6) is 3.29. The van der Waals surface area contributed by atoms with Gasteiger partial charge in [-0.3, -0.25) is 0 Å². The van der Waals surface area contributed by atoms with Crippen LogP contribution in [0.25, 0.3) is 22.6 Å². The average Bonchev–Trinajstić information content (AvgIpc) is 3.26. The van der Waals surface area contributed by atoms with Gasteiger partial charge in [0, 0.05) is 11.6 Å². The molecule has 154 valence electrons. The van der Waals surface area contributed by atoms with Gasteiger partial charge in [0.1, 0.15) is 11.4 Å². The van der Waals surface area contributed by atoms with E-state index in [4.69, 9.17) is 28.2 Å². The number of methoxy groups -OCH3 is 4. The van der Waals surface area contributed by atoms with Gasteiger partial charge in [0.15, 0.2) is 17.3 Å². The minimum absolute atomic E-state index is 0.423. The van der Waals surface area contributed by atoms with Gasteiger partial charge in [-0.2, -0.15) is 0 Å². The summed E-state index contributed by atoms with van der Waals surface area (Å²) >= 11 is 0. The van der Waals surface area contributed by atoms with Gasteiger partial charge in [0.05, 0.1) is 40.6 Å². The third-order valence-corrected chi connectivity index (χ3v) is 4.39. The molecule has 0 spiro atoms. The maximum atomic E-state index is 5.62. The van der Waals surface area contributed by atoms with Crippen molar-refractivity contribution in [2.24, 2.45) is 0 Å². The van der Waals surface area contributed by atoms with Gasteiger partial charge in [0.2, 0.25) is 11.5 Å². The zero-order valence-corrected chi connectivity index (χ0v) is 17.3. The van der Waals surface area contributed by atoms with E-state index >= 15 is 0 Å². The number of nitrogens with zero attached hydrogens (tertiary/aromatic N) is 1. The number of ether oxygens (including phenoxy) is 5. The summed E-state index contributed by atoms with van der Waals surface area (Å²) in [4.78, 5) is 0. The second-order valence-corrected chi connectivity index (χ2v) is 6.18. The lowest BCUT2D eigenvalue weighted by Crippen LogP contribution is -1.99. The quantitative estimate of drug-likeness (QED) is 0.510. The number of aromatic nitrogens is 1. The van der Waals surface area contributed by atoms with E-state index in [1.807, 2.05) is 30.3 Å². The number of benzene rings is 2. The minimum atomic E-state index is 0.423. The first-order valence-corrected chi connectivity index (χ1v) is 9.24. The summed E-state index contributed by atoms with van der Waals surface area (Å²) in [6.07, 6.45) is 0.962. The molecule has 29 heavy (non-hydrogen) atoms. The molecule has 2 aromatic carbocycles. The van der Waals surface area contributed by atoms with Crippen LogP contribution in [0.5, 0.6) is 28.7 Å². The van der Waals surface area contributed by atoms with Crippen LogP contribution in [0.2, 0.25) is 0 Å². The topological polar surface area (TPSA) is 72.2 Å². The average molecular weight is 399 g/mol. The van der Waals surface area contributed by atoms with Gasteiger partial charge in [0.25, 0.3) is 0 Å². The Balaban J connectivity index is 1.99. The molecule has 0 radical (unpaired) electrons. The predicted molar refractivity (Wildman–Crippen MR) is 109 cm³/mol. The van der Waals surface area contributed by atoms with Crippen LogP contribution < -0.4 is 23.7 Å². The van der Waals surface area contributed by atoms with E-state index < -0.39 is 0 Å². The van der Waals surface area contributed by atoms with Crippen molar-refractivity contribution < 1.29 is 28.2 Å². The maximum Gasteiger partial charge on any atom is 0.207 e. The van der Waals surface area contributed by atoms with Crippen LogP contribution >= 0.6 is 0 Å². The lowest BCUT2D eigenvalue weighted by atomic mass is 10.1. The Morgan fingerprint density at radius 1 is 0.828 bits per heavy atom. The largest absolute Gasteiger partial charge is 0.494 e. The van der Waals surface area contributed by atoms with E-state index in [1.165, 1.54) is 0 Å². The summed E-state index contributed by atoms with van der Waals surface area (Å²) in [5, 5.41) is 4.21. The van der Waals surface area contributed by atoms with Crippen LogP contribution in [0.1, 0.15) is 13.3 Å². The first-order chi connectivity index (χ1) is 14.2. The molecule has 0 aliphatic heterocycles. The fourth-order valence-electron chi connectivity index (χ4n) is 3.00. The van der Waals surface area contributed by atoms with E-state index in [1.54, 1.807) is 34.5 Å². The first kappa shape index (κ1) is 20.4. The Labute approximate surface area is 170 Å². The third-order valence-electron chi connectivity index (χ3n) is 4.39. The van der Waals surface area contributed by atoms with Gasteiger partial charge < -0.3 is 28.2 Å². The van der Waals surface area contributed by atoms with Crippen LogP contribution in [0.15, 0.2) is 40.9 Å². The van der Waals surface area contributed by atoms with Gasteiger partial charge in [-0.15, -0.1) is 0 Å². The second-order valence-electron chi connectivity index (χ2n) is 6.18. The van der Waals surface area contributed by atoms with E-state index in [0.717, 1.165) is 17.7 Å². The van der Waals surface area contributed by atoms with Crippen molar-refractivity contribution in [1.29, 1.82) is 0 Å². The molecule has 0 N–H and O–H groups in total. The predicted octanol–water partition coefficient (Wildman–Crippen LogP) is 4.83. The van der Waals surface area contributed by atoms with Crippen LogP contribution in [-0.2, 0) is 0 Å². The summed E-state index contributed by atoms with van der Waals surface area (Å²) in [6, 6.07) is 11.3. The highest BCUT2D eigenvalue weighted by Gasteiger charge is 2.24. The smallest absolute Gasteiger partial charge is 0.207 e. The molecule has 0 atom stereocenters. The van der Waals surface area contributed by atoms with Crippen molar-refractivity contribution in [3.8, 4) is 51.3 Å². The normalized spacial score (nSPS) is 10.5. The van der Waals surface area contributed by atoms with Gasteiger partial charge in [-0.1, -0.05) is 12.1 Å². The monoisotopic (exact) mass is 399 g/mol. The van der Waals surface area contributed by atoms with Crippen molar-refractivity contribution in [3.63, 3.8) is 0 Å². The molecule has 3 aromatic rings. The van der Waals surface area contributed by atoms with Crippen LogP contribution in [-0.4, -0.2) is 40.2 Å². The van der Waals surface area contributed by atoms with Crippen molar-refractivity contribution in [2.75, 3.05) is 35.0 Å². The summed E-state index contributed by atoms with van der Waals surface area (Å²) in [5.41, 5.74) is 2.14. The lowest BCUT2D eigenvalue weighted by Gasteiger charge is -2.17. The molecule has 7 heteroatoms. The molecule has 0 amide bonds. The Hall–Kier alpha value is -3.35. The molecule has 1 aromatic heterocycles. The highest BCUT2D eigenvalue weighted by molar-refractivity contribution is 5.79. The molecule has 0 saturated heterocycles. The zero-order chi connectivity index (χ0) is 20.8. The maximum absolute atomic E-state index is 5.62. The molecular weight excluding hydrogens is 374 g/mol. The van der Waals surface area contributed by atoms with E-state index in [0.29, 0.717) is 46.6 Å². The van der Waals surface area contributed by atoms with Crippen molar-refractivity contribution in [2.45, 2.75) is 13.3 Å². The van der Waals surface area contributed by atoms with E-state index in [9.17, 15) is 0 Å². The number of hydrogen-bond acceptors (Lipinski definition) is 7. The van der Waals surface area contributed by atoms with Crippen molar-refractivity contribution in [3.05, 3.63) is 36.4 Å². The SMILES string of the molecule is CCCOc1ccc(-c2cc(-c3cc(OC)c(OC)c(OC)c3OC)no2)cc1. The van der Waals surface area contributed by atoms with E-state index in [-0.39, 0.29) is 0 Å². The molecule has 7 nitrogen and oxygen atoms in total. The molecule has 3 rings (SSSR count). The Bertz CT molecular complexity index is 949. The van der Waals surface area contributed by atoms with Gasteiger partial charge in [-0.05, 0) is 36.8 Å². The first-order valence-electron chi connectivity index (χ1n) is 9.24. The fourth-order valence-corrected chi connectivity index (χ4v) is 3.00. The molecule has 0 saturated carbocycles. The molecule has 1 heterocycles. The minimum Gasteiger partial charge on any atom is -0.494 e.